The molecule has 0 bridgehead atoms. The highest BCUT2D eigenvalue weighted by molar-refractivity contribution is 5.93. The van der Waals surface area contributed by atoms with Gasteiger partial charge in [-0.15, -0.1) is 0 Å². The number of carbonyl (C=O) groups excluding carboxylic acids is 1. The highest BCUT2D eigenvalue weighted by Gasteiger charge is 2.30. The predicted molar refractivity (Wildman–Crippen MR) is 88.9 cm³/mol. The first-order valence-electron chi connectivity index (χ1n) is 9.36. The normalized spacial score (nSPS) is 24.6. The summed E-state index contributed by atoms with van der Waals surface area (Å²) in [6.07, 6.45) is 7.51. The average Bonchev–Trinajstić information content (AvgIpc) is 3.36. The number of carbonyl (C=O) groups is 1. The van der Waals surface area contributed by atoms with Crippen LogP contribution in [0.4, 0.5) is 0 Å². The van der Waals surface area contributed by atoms with Gasteiger partial charge >= 0.3 is 0 Å². The van der Waals surface area contributed by atoms with Crippen molar-refractivity contribution in [2.24, 2.45) is 11.8 Å². The summed E-state index contributed by atoms with van der Waals surface area (Å²) in [5.74, 6) is 2.21. The summed E-state index contributed by atoms with van der Waals surface area (Å²) in [5, 5.41) is 10.7. The lowest BCUT2D eigenvalue weighted by Crippen LogP contribution is -2.39. The first-order chi connectivity index (χ1) is 11.8. The van der Waals surface area contributed by atoms with Crippen molar-refractivity contribution in [3.05, 3.63) is 17.0 Å². The lowest BCUT2D eigenvalue weighted by Gasteiger charge is -2.27. The lowest BCUT2D eigenvalue weighted by atomic mass is 9.91. The Morgan fingerprint density at radius 1 is 1.08 bits per heavy atom. The predicted octanol–water partition coefficient (Wildman–Crippen LogP) is 1.69. The molecule has 1 aliphatic heterocycles. The zero-order valence-electron chi connectivity index (χ0n) is 14.2. The second kappa shape index (κ2) is 7.23. The van der Waals surface area contributed by atoms with Gasteiger partial charge in [-0.1, -0.05) is 5.16 Å². The maximum absolute atomic E-state index is 12.4. The third-order valence-electron chi connectivity index (χ3n) is 5.54. The van der Waals surface area contributed by atoms with Crippen LogP contribution in [0.15, 0.2) is 4.52 Å². The van der Waals surface area contributed by atoms with E-state index in [0.717, 1.165) is 69.7 Å². The number of nitrogens with one attached hydrogen (secondary N) is 2. The van der Waals surface area contributed by atoms with Gasteiger partial charge in [0.25, 0.3) is 5.91 Å². The van der Waals surface area contributed by atoms with E-state index in [1.165, 1.54) is 12.8 Å². The van der Waals surface area contributed by atoms with E-state index in [4.69, 9.17) is 9.26 Å². The monoisotopic (exact) mass is 333 g/mol. The number of ether oxygens (including phenoxy) is 1. The molecule has 132 valence electrons. The first kappa shape index (κ1) is 16.1. The summed E-state index contributed by atoms with van der Waals surface area (Å²) in [5.41, 5.74) is 1.52. The Labute approximate surface area is 142 Å². The van der Waals surface area contributed by atoms with E-state index in [1.807, 2.05) is 0 Å². The van der Waals surface area contributed by atoms with Crippen LogP contribution >= 0.6 is 0 Å². The Bertz CT molecular complexity index is 576. The summed E-state index contributed by atoms with van der Waals surface area (Å²) in [6.45, 7) is 3.58. The van der Waals surface area contributed by atoms with Crippen molar-refractivity contribution in [1.29, 1.82) is 0 Å². The quantitative estimate of drug-likeness (QED) is 0.828. The Kier molecular flexibility index (Phi) is 4.85. The van der Waals surface area contributed by atoms with E-state index >= 15 is 0 Å². The van der Waals surface area contributed by atoms with E-state index in [9.17, 15) is 4.79 Å². The van der Waals surface area contributed by atoms with E-state index in [1.54, 1.807) is 0 Å². The van der Waals surface area contributed by atoms with Crippen LogP contribution in [0.3, 0.4) is 0 Å². The molecule has 1 saturated heterocycles. The number of hydrogen-bond acceptors (Lipinski definition) is 5. The fourth-order valence-corrected chi connectivity index (χ4v) is 3.68. The van der Waals surface area contributed by atoms with Crippen LogP contribution < -0.4 is 10.6 Å². The highest BCUT2D eigenvalue weighted by Crippen LogP contribution is 2.28. The minimum absolute atomic E-state index is 0.0722. The Morgan fingerprint density at radius 2 is 1.88 bits per heavy atom. The second-order valence-electron chi connectivity index (χ2n) is 7.49. The molecule has 1 atom stereocenters. The van der Waals surface area contributed by atoms with Crippen LogP contribution in [0.5, 0.6) is 0 Å². The molecule has 4 rings (SSSR count). The molecule has 1 saturated carbocycles. The minimum atomic E-state index is -0.0722. The van der Waals surface area contributed by atoms with Gasteiger partial charge in [-0.25, -0.2) is 0 Å². The van der Waals surface area contributed by atoms with Crippen molar-refractivity contribution in [1.82, 2.24) is 15.8 Å². The molecule has 1 aromatic heterocycles. The molecular formula is C18H27N3O3. The third kappa shape index (κ3) is 3.81. The standard InChI is InChI=1S/C18H27N3O3/c22-18(20-11-12-1-2-12)17-15-9-14(3-4-16(15)24-21-17)19-10-13-5-7-23-8-6-13/h12-14,19H,1-11H2,(H,20,22). The van der Waals surface area contributed by atoms with Crippen molar-refractivity contribution in [3.63, 3.8) is 0 Å². The van der Waals surface area contributed by atoms with Gasteiger partial charge in [0.15, 0.2) is 5.69 Å². The van der Waals surface area contributed by atoms with Gasteiger partial charge < -0.3 is 19.9 Å². The molecule has 0 spiro atoms. The smallest absolute Gasteiger partial charge is 0.273 e. The van der Waals surface area contributed by atoms with Gasteiger partial charge in [-0.05, 0) is 56.9 Å². The van der Waals surface area contributed by atoms with Crippen molar-refractivity contribution in [3.8, 4) is 0 Å². The molecule has 1 unspecified atom stereocenters. The summed E-state index contributed by atoms with van der Waals surface area (Å²) >= 11 is 0. The van der Waals surface area contributed by atoms with Crippen molar-refractivity contribution < 1.29 is 14.1 Å². The van der Waals surface area contributed by atoms with Gasteiger partial charge in [0.2, 0.25) is 0 Å². The average molecular weight is 333 g/mol. The number of aryl methyl sites for hydroxylation is 1. The zero-order valence-corrected chi connectivity index (χ0v) is 14.2. The van der Waals surface area contributed by atoms with Crippen LogP contribution in [0.25, 0.3) is 0 Å². The Morgan fingerprint density at radius 3 is 2.67 bits per heavy atom. The Balaban J connectivity index is 1.32. The highest BCUT2D eigenvalue weighted by atomic mass is 16.5. The fourth-order valence-electron chi connectivity index (χ4n) is 3.68. The van der Waals surface area contributed by atoms with Crippen LogP contribution in [0, 0.1) is 11.8 Å². The summed E-state index contributed by atoms with van der Waals surface area (Å²) in [4.78, 5) is 12.4. The molecule has 2 aliphatic carbocycles. The van der Waals surface area contributed by atoms with E-state index in [2.05, 4.69) is 15.8 Å². The molecule has 2 N–H and O–H groups in total. The van der Waals surface area contributed by atoms with Crippen LogP contribution in [0.1, 0.15) is 53.9 Å². The van der Waals surface area contributed by atoms with Gasteiger partial charge in [-0.2, -0.15) is 0 Å². The largest absolute Gasteiger partial charge is 0.381 e. The van der Waals surface area contributed by atoms with E-state index in [0.29, 0.717) is 23.6 Å². The molecule has 1 aromatic rings. The minimum Gasteiger partial charge on any atom is -0.381 e. The Hall–Kier alpha value is -1.40. The van der Waals surface area contributed by atoms with Gasteiger partial charge in [0, 0.05) is 37.8 Å². The van der Waals surface area contributed by atoms with Crippen LogP contribution in [-0.4, -0.2) is 43.4 Å². The summed E-state index contributed by atoms with van der Waals surface area (Å²) < 4.78 is 10.8. The van der Waals surface area contributed by atoms with E-state index < -0.39 is 0 Å². The molecule has 2 fully saturated rings. The summed E-state index contributed by atoms with van der Waals surface area (Å²) in [7, 11) is 0. The van der Waals surface area contributed by atoms with Crippen molar-refractivity contribution in [2.75, 3.05) is 26.3 Å². The SMILES string of the molecule is O=C(NCC1CC1)c1noc2c1CC(NCC1CCOCC1)CC2. The number of rotatable bonds is 6. The molecule has 0 aromatic carbocycles. The summed E-state index contributed by atoms with van der Waals surface area (Å²) in [6, 6.07) is 0.412. The molecular weight excluding hydrogens is 306 g/mol. The van der Waals surface area contributed by atoms with Crippen molar-refractivity contribution in [2.45, 2.75) is 51.0 Å². The first-order valence-corrected chi connectivity index (χ1v) is 9.36. The van der Waals surface area contributed by atoms with Gasteiger partial charge in [0.1, 0.15) is 5.76 Å². The van der Waals surface area contributed by atoms with Crippen LogP contribution in [-0.2, 0) is 17.6 Å². The zero-order chi connectivity index (χ0) is 16.4. The molecule has 2 heterocycles. The molecule has 24 heavy (non-hydrogen) atoms. The number of hydrogen-bond donors (Lipinski definition) is 2. The molecule has 1 amide bonds. The number of aromatic nitrogens is 1. The molecule has 6 nitrogen and oxygen atoms in total. The maximum atomic E-state index is 12.4. The molecule has 0 radical (unpaired) electrons. The maximum Gasteiger partial charge on any atom is 0.273 e. The number of amides is 1. The molecule has 6 heteroatoms. The van der Waals surface area contributed by atoms with Crippen molar-refractivity contribution >= 4 is 5.91 Å². The number of fused-ring (bicyclic) bond motifs is 1. The lowest BCUT2D eigenvalue weighted by molar-refractivity contribution is 0.0652. The van der Waals surface area contributed by atoms with Gasteiger partial charge in [-0.3, -0.25) is 4.79 Å². The fraction of sp³-hybridized carbons (Fsp3) is 0.778. The third-order valence-corrected chi connectivity index (χ3v) is 5.54. The topological polar surface area (TPSA) is 76.4 Å². The van der Waals surface area contributed by atoms with E-state index in [-0.39, 0.29) is 5.91 Å². The van der Waals surface area contributed by atoms with Gasteiger partial charge in [0.05, 0.1) is 0 Å². The van der Waals surface area contributed by atoms with Crippen LogP contribution in [0.2, 0.25) is 0 Å². The second-order valence-corrected chi connectivity index (χ2v) is 7.49. The number of nitrogens with zero attached hydrogens (tertiary/aromatic N) is 1. The molecule has 3 aliphatic rings.